The molecule has 0 saturated carbocycles. The first-order chi connectivity index (χ1) is 13.3. The second-order valence-electron chi connectivity index (χ2n) is 6.44. The van der Waals surface area contributed by atoms with E-state index in [4.69, 9.17) is 9.47 Å². The van der Waals surface area contributed by atoms with E-state index in [2.05, 4.69) is 0 Å². The van der Waals surface area contributed by atoms with E-state index in [1.807, 2.05) is 26.0 Å². The molecule has 2 aromatic carbocycles. The topological polar surface area (TPSA) is 100 Å². The number of aryl methyl sites for hydroxylation is 2. The number of esters is 2. The predicted octanol–water partition coefficient (Wildman–Crippen LogP) is 2.87. The molecule has 2 aromatic rings. The molecule has 0 aliphatic rings. The number of ether oxygens (including phenoxy) is 2. The summed E-state index contributed by atoms with van der Waals surface area (Å²) < 4.78 is 9.84. The Labute approximate surface area is 163 Å². The number of rotatable bonds is 5. The fourth-order valence-electron chi connectivity index (χ4n) is 3.28. The number of carbonyl (C=O) groups is 2. The van der Waals surface area contributed by atoms with Gasteiger partial charge < -0.3 is 9.47 Å². The Bertz CT molecular complexity index is 886. The molecule has 0 bridgehead atoms. The van der Waals surface area contributed by atoms with E-state index in [-0.39, 0.29) is 11.1 Å². The third kappa shape index (κ3) is 2.90. The molecule has 0 heterocycles. The molecule has 0 aliphatic carbocycles. The van der Waals surface area contributed by atoms with Gasteiger partial charge in [0.15, 0.2) is 0 Å². The fourth-order valence-corrected chi connectivity index (χ4v) is 3.28. The van der Waals surface area contributed by atoms with Crippen molar-refractivity contribution in [2.75, 3.05) is 14.2 Å². The van der Waals surface area contributed by atoms with Crippen LogP contribution >= 0.6 is 0 Å². The van der Waals surface area contributed by atoms with Crippen LogP contribution in [0.2, 0.25) is 0 Å². The first kappa shape index (κ1) is 20.7. The molecule has 0 spiro atoms. The van der Waals surface area contributed by atoms with Crippen molar-refractivity contribution in [3.63, 3.8) is 0 Å². The first-order valence-corrected chi connectivity index (χ1v) is 8.47. The minimum absolute atomic E-state index is 0.167. The molecule has 2 rings (SSSR count). The molecule has 28 heavy (non-hydrogen) atoms. The Morgan fingerprint density at radius 3 is 1.21 bits per heavy atom. The SMILES string of the molecule is COC(=O)C(C#N)(c1ccc(C)cc1)C(C#N)(C(=O)OC)c1ccc(C)cc1. The molecule has 0 aromatic heterocycles. The number of nitriles is 2. The van der Waals surface area contributed by atoms with E-state index in [1.54, 1.807) is 48.5 Å². The van der Waals surface area contributed by atoms with Gasteiger partial charge in [-0.05, 0) is 25.0 Å². The zero-order chi connectivity index (χ0) is 20.9. The molecule has 0 N–H and O–H groups in total. The van der Waals surface area contributed by atoms with Crippen molar-refractivity contribution in [3.8, 4) is 12.1 Å². The van der Waals surface area contributed by atoms with Gasteiger partial charge in [0.1, 0.15) is 0 Å². The van der Waals surface area contributed by atoms with Crippen LogP contribution in [0, 0.1) is 36.5 Å². The van der Waals surface area contributed by atoms with Crippen molar-refractivity contribution >= 4 is 11.9 Å². The van der Waals surface area contributed by atoms with Crippen LogP contribution in [0.4, 0.5) is 0 Å². The Hall–Kier alpha value is -3.64. The molecular formula is C22H20N2O4. The van der Waals surface area contributed by atoms with Gasteiger partial charge in [-0.3, -0.25) is 0 Å². The number of methoxy groups -OCH3 is 2. The maximum Gasteiger partial charge on any atom is 0.333 e. The average Bonchev–Trinajstić information content (AvgIpc) is 2.72. The molecule has 0 saturated heterocycles. The van der Waals surface area contributed by atoms with Crippen LogP contribution in [0.25, 0.3) is 0 Å². The number of nitrogens with zero attached hydrogens (tertiary/aromatic N) is 2. The summed E-state index contributed by atoms with van der Waals surface area (Å²) in [6.45, 7) is 3.68. The van der Waals surface area contributed by atoms with Crippen LogP contribution in [-0.4, -0.2) is 26.2 Å². The smallest absolute Gasteiger partial charge is 0.333 e. The van der Waals surface area contributed by atoms with Crippen LogP contribution in [0.1, 0.15) is 22.3 Å². The molecule has 0 fully saturated rings. The summed E-state index contributed by atoms with van der Waals surface area (Å²) in [6, 6.07) is 16.8. The highest BCUT2D eigenvalue weighted by molar-refractivity contribution is 6.02. The lowest BCUT2D eigenvalue weighted by molar-refractivity contribution is -0.157. The van der Waals surface area contributed by atoms with Crippen LogP contribution in [0.3, 0.4) is 0 Å². The average molecular weight is 376 g/mol. The molecule has 2 unspecified atom stereocenters. The Morgan fingerprint density at radius 2 is 1.00 bits per heavy atom. The van der Waals surface area contributed by atoms with Crippen molar-refractivity contribution in [1.82, 2.24) is 0 Å². The Kier molecular flexibility index (Phi) is 5.86. The van der Waals surface area contributed by atoms with E-state index in [1.165, 1.54) is 0 Å². The van der Waals surface area contributed by atoms with Crippen molar-refractivity contribution in [1.29, 1.82) is 10.5 Å². The summed E-state index contributed by atoms with van der Waals surface area (Å²) in [5.41, 5.74) is -2.44. The minimum atomic E-state index is -2.27. The number of hydrogen-bond donors (Lipinski definition) is 0. The number of benzene rings is 2. The molecular weight excluding hydrogens is 356 g/mol. The predicted molar refractivity (Wildman–Crippen MR) is 101 cm³/mol. The normalized spacial score (nSPS) is 14.5. The lowest BCUT2D eigenvalue weighted by Gasteiger charge is -2.37. The van der Waals surface area contributed by atoms with Crippen molar-refractivity contribution in [2.24, 2.45) is 0 Å². The maximum absolute atomic E-state index is 13.0. The lowest BCUT2D eigenvalue weighted by Crippen LogP contribution is -2.58. The van der Waals surface area contributed by atoms with Gasteiger partial charge in [0.2, 0.25) is 10.8 Å². The van der Waals surface area contributed by atoms with Gasteiger partial charge >= 0.3 is 11.9 Å². The van der Waals surface area contributed by atoms with Crippen LogP contribution in [-0.2, 0) is 29.9 Å². The zero-order valence-corrected chi connectivity index (χ0v) is 16.1. The quantitative estimate of drug-likeness (QED) is 0.744. The maximum atomic E-state index is 13.0. The molecule has 6 nitrogen and oxygen atoms in total. The van der Waals surface area contributed by atoms with Crippen molar-refractivity contribution < 1.29 is 19.1 Å². The summed E-state index contributed by atoms with van der Waals surface area (Å²) >= 11 is 0. The van der Waals surface area contributed by atoms with Crippen LogP contribution < -0.4 is 0 Å². The first-order valence-electron chi connectivity index (χ1n) is 8.47. The van der Waals surface area contributed by atoms with Gasteiger partial charge in [0.25, 0.3) is 0 Å². The van der Waals surface area contributed by atoms with Gasteiger partial charge in [-0.25, -0.2) is 9.59 Å². The molecule has 0 amide bonds. The number of hydrogen-bond acceptors (Lipinski definition) is 6. The molecule has 142 valence electrons. The summed E-state index contributed by atoms with van der Waals surface area (Å²) in [5, 5.41) is 20.4. The number of carbonyl (C=O) groups excluding carboxylic acids is 2. The summed E-state index contributed by atoms with van der Waals surface area (Å²) in [6.07, 6.45) is 0. The molecule has 6 heteroatoms. The zero-order valence-electron chi connectivity index (χ0n) is 16.1. The highest BCUT2D eigenvalue weighted by Gasteiger charge is 2.66. The fraction of sp³-hybridized carbons (Fsp3) is 0.273. The third-order valence-corrected chi connectivity index (χ3v) is 4.85. The van der Waals surface area contributed by atoms with E-state index in [0.717, 1.165) is 25.3 Å². The van der Waals surface area contributed by atoms with E-state index >= 15 is 0 Å². The van der Waals surface area contributed by atoms with Gasteiger partial charge in [-0.1, -0.05) is 59.7 Å². The van der Waals surface area contributed by atoms with Crippen LogP contribution in [0.15, 0.2) is 48.5 Å². The van der Waals surface area contributed by atoms with Gasteiger partial charge in [0, 0.05) is 0 Å². The van der Waals surface area contributed by atoms with Gasteiger partial charge in [-0.15, -0.1) is 0 Å². The van der Waals surface area contributed by atoms with Crippen molar-refractivity contribution in [2.45, 2.75) is 24.7 Å². The van der Waals surface area contributed by atoms with Gasteiger partial charge in [0.05, 0.1) is 26.4 Å². The van der Waals surface area contributed by atoms with E-state index in [0.29, 0.717) is 0 Å². The van der Waals surface area contributed by atoms with Crippen molar-refractivity contribution in [3.05, 3.63) is 70.8 Å². The Morgan fingerprint density at radius 1 is 0.714 bits per heavy atom. The highest BCUT2D eigenvalue weighted by Crippen LogP contribution is 2.46. The summed E-state index contributed by atoms with van der Waals surface area (Å²) in [5.74, 6) is -2.04. The van der Waals surface area contributed by atoms with E-state index in [9.17, 15) is 20.1 Å². The van der Waals surface area contributed by atoms with E-state index < -0.39 is 22.8 Å². The summed E-state index contributed by atoms with van der Waals surface area (Å²) in [7, 11) is 2.22. The minimum Gasteiger partial charge on any atom is -0.468 e. The molecule has 2 atom stereocenters. The summed E-state index contributed by atoms with van der Waals surface area (Å²) in [4.78, 5) is 26.0. The van der Waals surface area contributed by atoms with Crippen LogP contribution in [0.5, 0.6) is 0 Å². The Balaban J connectivity index is 3.03. The standard InChI is InChI=1S/C22H20N2O4/c1-15-5-9-17(10-6-15)21(13-23,19(25)27-3)22(14-24,20(26)28-4)18-11-7-16(2)8-12-18/h5-12H,1-4H3. The monoisotopic (exact) mass is 376 g/mol. The largest absolute Gasteiger partial charge is 0.468 e. The second kappa shape index (κ2) is 7.94. The molecule has 0 aliphatic heterocycles. The lowest BCUT2D eigenvalue weighted by atomic mass is 9.58. The third-order valence-electron chi connectivity index (χ3n) is 4.85. The highest BCUT2D eigenvalue weighted by atomic mass is 16.5. The second-order valence-corrected chi connectivity index (χ2v) is 6.44. The molecule has 0 radical (unpaired) electrons. The van der Waals surface area contributed by atoms with Gasteiger partial charge in [-0.2, -0.15) is 10.5 Å².